The van der Waals surface area contributed by atoms with Crippen molar-refractivity contribution < 1.29 is 24.0 Å². The van der Waals surface area contributed by atoms with Gasteiger partial charge in [0.2, 0.25) is 29.5 Å². The predicted octanol–water partition coefficient (Wildman–Crippen LogP) is 5.45. The quantitative estimate of drug-likeness (QED) is 0.182. The Morgan fingerprint density at radius 3 is 2.26 bits per heavy atom. The van der Waals surface area contributed by atoms with E-state index >= 15 is 4.79 Å². The van der Waals surface area contributed by atoms with E-state index in [-0.39, 0.29) is 53.5 Å². The predicted molar refractivity (Wildman–Crippen MR) is 275 cm³/mol. The molecule has 2 N–H and O–H groups in total. The van der Waals surface area contributed by atoms with Gasteiger partial charge in [-0.3, -0.25) is 34.2 Å². The molecule has 4 aromatic rings. The van der Waals surface area contributed by atoms with Crippen molar-refractivity contribution in [1.29, 1.82) is 0 Å². The fourth-order valence-corrected chi connectivity index (χ4v) is 13.0. The number of imide groups is 1. The number of hydrogen-bond donors (Lipinski definition) is 2. The molecule has 8 aliphatic rings. The fraction of sp³-hybridized carbons (Fsp3) is 0.600. The van der Waals surface area contributed by atoms with Crippen LogP contribution in [0, 0.1) is 5.92 Å². The third-order valence-corrected chi connectivity index (χ3v) is 17.7. The molecule has 1 aromatic carbocycles. The van der Waals surface area contributed by atoms with Gasteiger partial charge in [0.05, 0.1) is 35.4 Å². The highest BCUT2D eigenvalue weighted by molar-refractivity contribution is 6.09. The lowest BCUT2D eigenvalue weighted by Crippen LogP contribution is -2.58. The van der Waals surface area contributed by atoms with E-state index in [9.17, 15) is 19.2 Å². The molecule has 1 spiro atoms. The molecule has 9 heterocycles. The summed E-state index contributed by atoms with van der Waals surface area (Å²) in [5, 5.41) is 6.13. The summed E-state index contributed by atoms with van der Waals surface area (Å²) >= 11 is 0. The van der Waals surface area contributed by atoms with Gasteiger partial charge < -0.3 is 34.4 Å². The van der Waals surface area contributed by atoms with E-state index < -0.39 is 5.41 Å². The number of anilines is 3. The molecule has 6 aliphatic heterocycles. The Bertz CT molecular complexity index is 2740. The lowest BCUT2D eigenvalue weighted by molar-refractivity contribution is -0.143. The van der Waals surface area contributed by atoms with E-state index in [4.69, 9.17) is 9.97 Å². The largest absolute Gasteiger partial charge is 0.366 e. The van der Waals surface area contributed by atoms with Gasteiger partial charge in [-0.25, -0.2) is 15.0 Å². The molecule has 1 atom stereocenters. The molecule has 2 saturated carbocycles. The van der Waals surface area contributed by atoms with Crippen molar-refractivity contribution in [1.82, 2.24) is 44.4 Å². The maximum Gasteiger partial charge on any atom is 0.238 e. The van der Waals surface area contributed by atoms with Gasteiger partial charge >= 0.3 is 0 Å². The average Bonchev–Trinajstić information content (AvgIpc) is 4.05. The summed E-state index contributed by atoms with van der Waals surface area (Å²) in [6.07, 6.45) is 15.1. The number of imidazole rings is 1. The van der Waals surface area contributed by atoms with Crippen molar-refractivity contribution in [3.8, 4) is 11.3 Å². The molecule has 3 aromatic heterocycles. The number of carbonyl (C=O) groups is 5. The number of rotatable bonds is 11. The first kappa shape index (κ1) is 47.1. The first-order chi connectivity index (χ1) is 35.0. The van der Waals surface area contributed by atoms with E-state index in [0.717, 1.165) is 116 Å². The number of aromatic nitrogens is 4. The van der Waals surface area contributed by atoms with E-state index in [1.807, 2.05) is 28.3 Å². The van der Waals surface area contributed by atoms with Crippen LogP contribution in [0.3, 0.4) is 0 Å². The van der Waals surface area contributed by atoms with E-state index in [1.54, 1.807) is 6.20 Å². The van der Waals surface area contributed by atoms with Crippen LogP contribution in [0.15, 0.2) is 48.9 Å². The van der Waals surface area contributed by atoms with Crippen molar-refractivity contribution in [2.45, 2.75) is 133 Å². The number of nitrogens with one attached hydrogen (secondary N) is 2. The minimum atomic E-state index is -0.674. The Morgan fingerprint density at radius 2 is 1.57 bits per heavy atom. The third-order valence-electron chi connectivity index (χ3n) is 17.7. The van der Waals surface area contributed by atoms with Gasteiger partial charge in [0.1, 0.15) is 11.3 Å². The number of carbonyl (C=O) groups excluding carboxylic acids is 5. The normalized spacial score (nSPS) is 25.3. The number of piperidine rings is 4. The summed E-state index contributed by atoms with van der Waals surface area (Å²) in [7, 11) is 0. The molecule has 5 amide bonds. The van der Waals surface area contributed by atoms with Gasteiger partial charge in [0, 0.05) is 106 Å². The zero-order valence-electron chi connectivity index (χ0n) is 42.1. The zero-order valence-corrected chi connectivity index (χ0v) is 42.1. The first-order valence-electron chi connectivity index (χ1n) is 27.2. The van der Waals surface area contributed by atoms with E-state index in [2.05, 4.69) is 77.9 Å². The average molecular weight is 979 g/mol. The molecule has 5 saturated heterocycles. The fourth-order valence-electron chi connectivity index (χ4n) is 13.0. The highest BCUT2D eigenvalue weighted by atomic mass is 16.2. The standard InChI is InChI=1S/C55H70N12O5/c1-35(2)66-34-57-45-31-44(59-51(50(45)66)58-39-8-9-39)37-6-11-43-46(28-37)67(41-29-40(30-41)62-18-4-3-5-19-62)54(72)55(43)16-22-65(23-17-55)53(71)36-14-20-64(21-15-36)49(69)33-61-24-26-63(27-25-61)47-12-7-38(32-56-47)42-10-13-48(68)60-52(42)70/h6-7,11-12,28,31-32,34-36,39-42H,3-5,8-10,13-27,29-30,33H2,1-2H3,(H,58,59)(H,60,68,70)/t40?,41?,42-/m1/s1. The Morgan fingerprint density at radius 1 is 0.806 bits per heavy atom. The molecule has 0 unspecified atom stereocenters. The Labute approximate surface area is 422 Å². The van der Waals surface area contributed by atoms with Crippen LogP contribution in [0.5, 0.6) is 0 Å². The van der Waals surface area contributed by atoms with Crippen LogP contribution < -0.4 is 20.4 Å². The van der Waals surface area contributed by atoms with Crippen molar-refractivity contribution >= 4 is 57.9 Å². The zero-order chi connectivity index (χ0) is 49.3. The molecule has 0 radical (unpaired) electrons. The first-order valence-corrected chi connectivity index (χ1v) is 27.2. The lowest BCUT2D eigenvalue weighted by Gasteiger charge is -2.48. The van der Waals surface area contributed by atoms with Gasteiger partial charge in [0.25, 0.3) is 0 Å². The van der Waals surface area contributed by atoms with Gasteiger partial charge in [-0.15, -0.1) is 0 Å². The number of pyridine rings is 2. The second-order valence-corrected chi connectivity index (χ2v) is 22.4. The maximum atomic E-state index is 15.2. The maximum absolute atomic E-state index is 15.2. The topological polar surface area (TPSA) is 172 Å². The summed E-state index contributed by atoms with van der Waals surface area (Å²) in [6, 6.07) is 13.9. The minimum Gasteiger partial charge on any atom is -0.366 e. The molecular weight excluding hydrogens is 909 g/mol. The molecule has 17 heteroatoms. The molecule has 72 heavy (non-hydrogen) atoms. The summed E-state index contributed by atoms with van der Waals surface area (Å²) in [4.78, 5) is 94.9. The van der Waals surface area contributed by atoms with Crippen LogP contribution in [0.2, 0.25) is 0 Å². The molecule has 7 fully saturated rings. The van der Waals surface area contributed by atoms with Crippen LogP contribution >= 0.6 is 0 Å². The number of amides is 5. The summed E-state index contributed by atoms with van der Waals surface area (Å²) in [5.74, 6) is 1.19. The number of nitrogens with zero attached hydrogens (tertiary/aromatic N) is 10. The number of piperazine rings is 1. The van der Waals surface area contributed by atoms with Crippen molar-refractivity contribution in [3.05, 3.63) is 60.0 Å². The van der Waals surface area contributed by atoms with Crippen LogP contribution in [0.4, 0.5) is 17.3 Å². The molecule has 12 rings (SSSR count). The highest BCUT2D eigenvalue weighted by Crippen LogP contribution is 2.52. The summed E-state index contributed by atoms with van der Waals surface area (Å²) in [6.45, 7) is 12.2. The Hall–Kier alpha value is -5.94. The number of hydrogen-bond acceptors (Lipinski definition) is 12. The van der Waals surface area contributed by atoms with Crippen molar-refractivity contribution in [2.24, 2.45) is 5.92 Å². The molecule has 380 valence electrons. The Kier molecular flexibility index (Phi) is 12.5. The van der Waals surface area contributed by atoms with Crippen molar-refractivity contribution in [2.75, 3.05) is 87.1 Å². The van der Waals surface area contributed by atoms with Gasteiger partial charge in [-0.1, -0.05) is 24.6 Å². The van der Waals surface area contributed by atoms with E-state index in [1.165, 1.54) is 19.3 Å². The number of benzene rings is 1. The number of fused-ring (bicyclic) bond motifs is 3. The number of likely N-dealkylation sites (tertiary alicyclic amines) is 3. The second-order valence-electron chi connectivity index (χ2n) is 22.4. The third kappa shape index (κ3) is 8.81. The summed E-state index contributed by atoms with van der Waals surface area (Å²) < 4.78 is 2.20. The molecule has 17 nitrogen and oxygen atoms in total. The monoisotopic (exact) mass is 979 g/mol. The van der Waals surface area contributed by atoms with Crippen LogP contribution in [-0.4, -0.2) is 159 Å². The Balaban J connectivity index is 0.679. The van der Waals surface area contributed by atoms with Gasteiger partial charge in [-0.05, 0) is 127 Å². The minimum absolute atomic E-state index is 0.106. The lowest BCUT2D eigenvalue weighted by atomic mass is 9.73. The van der Waals surface area contributed by atoms with Crippen LogP contribution in [-0.2, 0) is 29.4 Å². The van der Waals surface area contributed by atoms with Crippen molar-refractivity contribution in [3.63, 3.8) is 0 Å². The van der Waals surface area contributed by atoms with Crippen LogP contribution in [0.1, 0.15) is 120 Å². The smallest absolute Gasteiger partial charge is 0.238 e. The van der Waals surface area contributed by atoms with Crippen LogP contribution in [0.25, 0.3) is 22.3 Å². The SMILES string of the molecule is CC(C)n1cnc2cc(-c3ccc4c(c3)N(C3CC(N5CCCCC5)C3)C(=O)C43CCN(C(=O)C4CCN(C(=O)CN5CCN(c6ccc([C@H]7CCC(=O)NC7=O)cn6)CC5)CC4)CC3)nc(NC3CC3)c21. The highest BCUT2D eigenvalue weighted by Gasteiger charge is 2.56. The molecule has 0 bridgehead atoms. The molecular formula is C55H70N12O5. The van der Waals surface area contributed by atoms with Gasteiger partial charge in [-0.2, -0.15) is 0 Å². The van der Waals surface area contributed by atoms with Gasteiger partial charge in [0.15, 0.2) is 5.82 Å². The van der Waals surface area contributed by atoms with E-state index in [0.29, 0.717) is 83.3 Å². The summed E-state index contributed by atoms with van der Waals surface area (Å²) in [5.41, 5.74) is 6.04. The second kappa shape index (κ2) is 19.2. The molecule has 2 aliphatic carbocycles.